The van der Waals surface area contributed by atoms with Gasteiger partial charge in [0.05, 0.1) is 5.69 Å². The van der Waals surface area contributed by atoms with E-state index in [0.29, 0.717) is 41.2 Å². The predicted octanol–water partition coefficient (Wildman–Crippen LogP) is 4.66. The monoisotopic (exact) mass is 434 g/mol. The highest BCUT2D eigenvalue weighted by Gasteiger charge is 2.35. The fourth-order valence-electron chi connectivity index (χ4n) is 3.34. The topological polar surface area (TPSA) is 77.4 Å². The maximum absolute atomic E-state index is 13.1. The summed E-state index contributed by atoms with van der Waals surface area (Å²) in [4.78, 5) is 19.3. The van der Waals surface area contributed by atoms with Crippen molar-refractivity contribution in [3.63, 3.8) is 0 Å². The molecule has 0 saturated heterocycles. The lowest BCUT2D eigenvalue weighted by molar-refractivity contribution is -0.120. The van der Waals surface area contributed by atoms with Crippen LogP contribution in [0.1, 0.15) is 25.1 Å². The van der Waals surface area contributed by atoms with E-state index >= 15 is 0 Å². The van der Waals surface area contributed by atoms with Gasteiger partial charge in [-0.3, -0.25) is 9.69 Å². The van der Waals surface area contributed by atoms with Crippen molar-refractivity contribution in [3.05, 3.63) is 66.7 Å². The van der Waals surface area contributed by atoms with E-state index in [2.05, 4.69) is 21.8 Å². The van der Waals surface area contributed by atoms with Crippen molar-refractivity contribution in [3.8, 4) is 22.9 Å². The number of hydrogen-bond acceptors (Lipinski definition) is 7. The summed E-state index contributed by atoms with van der Waals surface area (Å²) in [6, 6.07) is 15.0. The summed E-state index contributed by atoms with van der Waals surface area (Å²) in [5.74, 6) is 0.977. The number of thioether (sulfide) groups is 1. The number of anilines is 1. The summed E-state index contributed by atoms with van der Waals surface area (Å²) in [7, 11) is 0. The average Bonchev–Trinajstić information content (AvgIpc) is 2.96. The van der Waals surface area contributed by atoms with E-state index in [1.165, 1.54) is 11.8 Å². The molecule has 1 aliphatic heterocycles. The number of rotatable bonds is 6. The minimum atomic E-state index is -0.713. The Balaban J connectivity index is 1.86. The molecule has 0 aliphatic carbocycles. The molecule has 8 heteroatoms. The van der Waals surface area contributed by atoms with Crippen molar-refractivity contribution in [2.24, 2.45) is 0 Å². The van der Waals surface area contributed by atoms with Crippen LogP contribution in [0, 0.1) is 0 Å². The molecule has 0 spiro atoms. The van der Waals surface area contributed by atoms with Gasteiger partial charge in [-0.25, -0.2) is 0 Å². The van der Waals surface area contributed by atoms with E-state index in [9.17, 15) is 4.79 Å². The molecule has 7 nitrogen and oxygen atoms in total. The largest absolute Gasteiger partial charge is 0.490 e. The number of aromatic nitrogens is 3. The lowest BCUT2D eigenvalue weighted by Crippen LogP contribution is -2.37. The minimum absolute atomic E-state index is 0.0738. The van der Waals surface area contributed by atoms with E-state index < -0.39 is 6.23 Å². The second-order valence-electron chi connectivity index (χ2n) is 6.73. The number of carbonyl (C=O) groups excluding carboxylic acids is 1. The van der Waals surface area contributed by atoms with Crippen molar-refractivity contribution in [1.29, 1.82) is 0 Å². The highest BCUT2D eigenvalue weighted by molar-refractivity contribution is 7.98. The Morgan fingerprint density at radius 1 is 1.23 bits per heavy atom. The summed E-state index contributed by atoms with van der Waals surface area (Å²) in [5, 5.41) is 9.03. The number of benzene rings is 2. The van der Waals surface area contributed by atoms with Crippen LogP contribution in [0.4, 0.5) is 5.69 Å². The van der Waals surface area contributed by atoms with Crippen LogP contribution in [-0.2, 0) is 4.79 Å². The fourth-order valence-corrected chi connectivity index (χ4v) is 3.64. The van der Waals surface area contributed by atoms with E-state index in [0.717, 1.165) is 11.1 Å². The van der Waals surface area contributed by atoms with Gasteiger partial charge < -0.3 is 9.47 Å². The molecule has 158 valence electrons. The maximum Gasteiger partial charge on any atom is 0.247 e. The number of amides is 1. The lowest BCUT2D eigenvalue weighted by atomic mass is 10.1. The summed E-state index contributed by atoms with van der Waals surface area (Å²) < 4.78 is 11.9. The molecule has 0 saturated carbocycles. The third-order valence-corrected chi connectivity index (χ3v) is 5.34. The Morgan fingerprint density at radius 3 is 2.71 bits per heavy atom. The molecule has 0 bridgehead atoms. The zero-order valence-corrected chi connectivity index (χ0v) is 18.1. The van der Waals surface area contributed by atoms with Crippen molar-refractivity contribution in [2.75, 3.05) is 17.8 Å². The summed E-state index contributed by atoms with van der Waals surface area (Å²) >= 11 is 1.38. The third-order valence-electron chi connectivity index (χ3n) is 4.80. The molecule has 0 fully saturated rings. The molecule has 0 N–H and O–H groups in total. The van der Waals surface area contributed by atoms with Gasteiger partial charge in [-0.05, 0) is 36.6 Å². The van der Waals surface area contributed by atoms with Crippen LogP contribution in [0.15, 0.2) is 66.3 Å². The van der Waals surface area contributed by atoms with Gasteiger partial charge in [0.15, 0.2) is 5.69 Å². The first-order valence-electron chi connectivity index (χ1n) is 9.86. The molecule has 0 radical (unpaired) electrons. The summed E-state index contributed by atoms with van der Waals surface area (Å²) in [6.07, 6.45) is 3.17. The number of ether oxygens (including phenoxy) is 2. The van der Waals surface area contributed by atoms with Crippen molar-refractivity contribution < 1.29 is 14.3 Å². The lowest BCUT2D eigenvalue weighted by Gasteiger charge is -2.30. The molecule has 1 amide bonds. The SMILES string of the molecule is C=CCOc1ccc([C@@H]2Oc3nc(SC)nnc3-c3ccccc3N2C(=O)CC)cc1. The molecule has 3 aromatic rings. The third kappa shape index (κ3) is 4.11. The van der Waals surface area contributed by atoms with Crippen LogP contribution < -0.4 is 14.4 Å². The second-order valence-corrected chi connectivity index (χ2v) is 7.50. The van der Waals surface area contributed by atoms with Crippen molar-refractivity contribution in [1.82, 2.24) is 15.2 Å². The normalized spacial score (nSPS) is 14.6. The Morgan fingerprint density at radius 2 is 2.00 bits per heavy atom. The highest BCUT2D eigenvalue weighted by atomic mass is 32.2. The molecular weight excluding hydrogens is 412 g/mol. The van der Waals surface area contributed by atoms with Crippen LogP contribution in [0.2, 0.25) is 0 Å². The number of hydrogen-bond donors (Lipinski definition) is 0. The van der Waals surface area contributed by atoms with Gasteiger partial charge in [-0.15, -0.1) is 10.2 Å². The first kappa shape index (κ1) is 20.9. The Hall–Kier alpha value is -3.39. The zero-order valence-electron chi connectivity index (χ0n) is 17.3. The van der Waals surface area contributed by atoms with Crippen LogP contribution in [-0.4, -0.2) is 34.0 Å². The quantitative estimate of drug-likeness (QED) is 0.412. The molecule has 31 heavy (non-hydrogen) atoms. The molecule has 1 atom stereocenters. The molecule has 1 aliphatic rings. The van der Waals surface area contributed by atoms with Gasteiger partial charge in [0.2, 0.25) is 23.2 Å². The first-order valence-corrected chi connectivity index (χ1v) is 11.1. The molecule has 4 rings (SSSR count). The van der Waals surface area contributed by atoms with Crippen LogP contribution in [0.3, 0.4) is 0 Å². The maximum atomic E-state index is 13.1. The average molecular weight is 435 g/mol. The minimum Gasteiger partial charge on any atom is -0.490 e. The number of para-hydroxylation sites is 1. The Bertz CT molecular complexity index is 1100. The standard InChI is InChI=1S/C23H22N4O3S/c1-4-14-29-16-12-10-15(11-13-16)22-27(19(28)5-2)18-9-7-6-8-17(18)20-21(30-22)24-23(31-3)26-25-20/h4,6-13,22H,1,5,14H2,2-3H3/t22-/m0/s1. The van der Waals surface area contributed by atoms with Gasteiger partial charge >= 0.3 is 0 Å². The number of nitrogens with zero attached hydrogens (tertiary/aromatic N) is 4. The van der Waals surface area contributed by atoms with Crippen LogP contribution in [0.5, 0.6) is 11.6 Å². The zero-order chi connectivity index (χ0) is 21.8. The molecule has 0 unspecified atom stereocenters. The molecule has 1 aromatic heterocycles. The second kappa shape index (κ2) is 9.18. The number of carbonyl (C=O) groups is 1. The Labute approximate surface area is 185 Å². The molecule has 2 heterocycles. The van der Waals surface area contributed by atoms with Gasteiger partial charge in [0.1, 0.15) is 12.4 Å². The van der Waals surface area contributed by atoms with Crippen LogP contribution >= 0.6 is 11.8 Å². The van der Waals surface area contributed by atoms with Crippen molar-refractivity contribution in [2.45, 2.75) is 24.7 Å². The van der Waals surface area contributed by atoms with Crippen LogP contribution in [0.25, 0.3) is 11.3 Å². The van der Waals surface area contributed by atoms with Gasteiger partial charge in [0, 0.05) is 17.5 Å². The van der Waals surface area contributed by atoms with E-state index in [1.54, 1.807) is 11.0 Å². The van der Waals surface area contributed by atoms with Gasteiger partial charge in [-0.2, -0.15) is 4.98 Å². The summed E-state index contributed by atoms with van der Waals surface area (Å²) in [5.41, 5.74) is 2.76. The van der Waals surface area contributed by atoms with Gasteiger partial charge in [-0.1, -0.05) is 49.5 Å². The predicted molar refractivity (Wildman–Crippen MR) is 120 cm³/mol. The highest BCUT2D eigenvalue weighted by Crippen LogP contribution is 2.43. The number of fused-ring (bicyclic) bond motifs is 3. The van der Waals surface area contributed by atoms with Crippen molar-refractivity contribution >= 4 is 23.4 Å². The smallest absolute Gasteiger partial charge is 0.247 e. The van der Waals surface area contributed by atoms with Gasteiger partial charge in [0.25, 0.3) is 0 Å². The first-order chi connectivity index (χ1) is 15.2. The summed E-state index contributed by atoms with van der Waals surface area (Å²) in [6.45, 7) is 5.91. The fraction of sp³-hybridized carbons (Fsp3) is 0.217. The van der Waals surface area contributed by atoms with E-state index in [-0.39, 0.29) is 5.91 Å². The Kier molecular flexibility index (Phi) is 6.18. The molecular formula is C23H22N4O3S. The van der Waals surface area contributed by atoms with E-state index in [4.69, 9.17) is 9.47 Å². The molecule has 2 aromatic carbocycles. The van der Waals surface area contributed by atoms with E-state index in [1.807, 2.05) is 61.7 Å².